The van der Waals surface area contributed by atoms with E-state index in [9.17, 15) is 0 Å². The summed E-state index contributed by atoms with van der Waals surface area (Å²) >= 11 is 0. The Morgan fingerprint density at radius 2 is 1.85 bits per heavy atom. The van der Waals surface area contributed by atoms with Gasteiger partial charge in [0, 0.05) is 7.11 Å². The van der Waals surface area contributed by atoms with Crippen LogP contribution >= 0.6 is 0 Å². The van der Waals surface area contributed by atoms with E-state index in [2.05, 4.69) is 6.55 Å². The van der Waals surface area contributed by atoms with Crippen LogP contribution < -0.4 is 5.73 Å². The van der Waals surface area contributed by atoms with Gasteiger partial charge in [-0.3, -0.25) is 0 Å². The van der Waals surface area contributed by atoms with E-state index in [4.69, 9.17) is 15.3 Å². The molecular weight excluding hydrogens is 182 g/mol. The fourth-order valence-corrected chi connectivity index (χ4v) is 2.73. The largest absolute Gasteiger partial charge is 0.418 e. The molecule has 0 aliphatic heterocycles. The molecule has 0 aliphatic carbocycles. The van der Waals surface area contributed by atoms with Crippen molar-refractivity contribution in [2.45, 2.75) is 38.3 Å². The first-order chi connectivity index (χ1) is 6.18. The second-order valence-electron chi connectivity index (χ2n) is 3.77. The van der Waals surface area contributed by atoms with Gasteiger partial charge in [0.15, 0.2) is 0 Å². The third kappa shape index (κ3) is 6.21. The molecule has 13 heavy (non-hydrogen) atoms. The lowest BCUT2D eigenvalue weighted by molar-refractivity contribution is 0.299. The first-order valence-corrected chi connectivity index (χ1v) is 7.87. The fourth-order valence-electron chi connectivity index (χ4n) is 1.24. The van der Waals surface area contributed by atoms with Crippen LogP contribution in [0.4, 0.5) is 0 Å². The Hall–Kier alpha value is 0.0969. The second kappa shape index (κ2) is 7.50. The van der Waals surface area contributed by atoms with Crippen LogP contribution in [0.25, 0.3) is 0 Å². The van der Waals surface area contributed by atoms with Crippen molar-refractivity contribution in [3.8, 4) is 0 Å². The number of hydrogen-bond acceptors (Lipinski definition) is 3. The van der Waals surface area contributed by atoms with Crippen LogP contribution in [0, 0.1) is 0 Å². The summed E-state index contributed by atoms with van der Waals surface area (Å²) in [6.07, 6.45) is 4.93. The molecule has 0 aromatic heterocycles. The summed E-state index contributed by atoms with van der Waals surface area (Å²) in [4.78, 5) is 0. The Bertz CT molecular complexity index is 118. The summed E-state index contributed by atoms with van der Waals surface area (Å²) < 4.78 is 5.36. The van der Waals surface area contributed by atoms with E-state index in [0.29, 0.717) is 0 Å². The molecule has 4 heteroatoms. The summed E-state index contributed by atoms with van der Waals surface area (Å²) in [5.41, 5.74) is 5.39. The number of unbranched alkanes of at least 4 members (excludes halogenated alkanes) is 3. The van der Waals surface area contributed by atoms with Gasteiger partial charge >= 0.3 is 0 Å². The van der Waals surface area contributed by atoms with Crippen LogP contribution in [0.2, 0.25) is 12.6 Å². The number of aliphatic hydroxyl groups excluding tert-OH is 1. The molecule has 0 aromatic carbocycles. The van der Waals surface area contributed by atoms with Crippen molar-refractivity contribution in [2.75, 3.05) is 19.9 Å². The maximum Gasteiger partial charge on any atom is 0.214 e. The Kier molecular flexibility index (Phi) is 7.55. The maximum atomic E-state index is 9.10. The first kappa shape index (κ1) is 13.1. The van der Waals surface area contributed by atoms with Crippen LogP contribution in [0.3, 0.4) is 0 Å². The highest BCUT2D eigenvalue weighted by atomic mass is 28.4. The van der Waals surface area contributed by atoms with Gasteiger partial charge in [0.05, 0.1) is 6.23 Å². The first-order valence-electron chi connectivity index (χ1n) is 5.04. The van der Waals surface area contributed by atoms with Crippen molar-refractivity contribution in [1.82, 2.24) is 0 Å². The van der Waals surface area contributed by atoms with Crippen LogP contribution in [0.15, 0.2) is 0 Å². The van der Waals surface area contributed by atoms with Crippen molar-refractivity contribution >= 4 is 8.32 Å². The predicted octanol–water partition coefficient (Wildman–Crippen LogP) is 1.26. The summed E-state index contributed by atoms with van der Waals surface area (Å²) in [5, 5.41) is 9.10. The third-order valence-electron chi connectivity index (χ3n) is 2.49. The Morgan fingerprint density at radius 3 is 2.31 bits per heavy atom. The molecule has 0 fully saturated rings. The number of rotatable bonds is 8. The highest BCUT2D eigenvalue weighted by Crippen LogP contribution is 2.15. The zero-order valence-corrected chi connectivity index (χ0v) is 9.88. The van der Waals surface area contributed by atoms with Gasteiger partial charge in [0.2, 0.25) is 8.32 Å². The van der Waals surface area contributed by atoms with E-state index in [1.165, 1.54) is 12.8 Å². The van der Waals surface area contributed by atoms with Gasteiger partial charge in [-0.2, -0.15) is 0 Å². The summed E-state index contributed by atoms with van der Waals surface area (Å²) in [5.74, 6) is 0. The molecule has 1 unspecified atom stereocenters. The standard InChI is InChI=1S/C9H23NO2Si/c1-12-13(2,9-11)8-6-4-3-5-7-10/h11H,3-10H2,1-2H3. The van der Waals surface area contributed by atoms with E-state index in [-0.39, 0.29) is 6.23 Å². The number of aliphatic hydroxyl groups is 1. The SMILES string of the molecule is CO[Si](C)(CO)CCCCCCN. The molecule has 3 N–H and O–H groups in total. The monoisotopic (exact) mass is 205 g/mol. The summed E-state index contributed by atoms with van der Waals surface area (Å²) in [6.45, 7) is 2.87. The van der Waals surface area contributed by atoms with Crippen LogP contribution in [0.5, 0.6) is 0 Å². The van der Waals surface area contributed by atoms with Gasteiger partial charge in [-0.25, -0.2) is 0 Å². The summed E-state index contributed by atoms with van der Waals surface area (Å²) in [7, 11) is -0.0226. The Balaban J connectivity index is 3.39. The predicted molar refractivity (Wildman–Crippen MR) is 58.0 cm³/mol. The van der Waals surface area contributed by atoms with E-state index in [1.807, 2.05) is 0 Å². The zero-order chi connectivity index (χ0) is 10.2. The smallest absolute Gasteiger partial charge is 0.214 e. The van der Waals surface area contributed by atoms with Crippen LogP contribution in [-0.2, 0) is 4.43 Å². The molecular formula is C9H23NO2Si. The molecule has 0 amide bonds. The van der Waals surface area contributed by atoms with Crippen molar-refractivity contribution in [1.29, 1.82) is 0 Å². The lowest BCUT2D eigenvalue weighted by Gasteiger charge is -2.22. The molecule has 1 atom stereocenters. The fraction of sp³-hybridized carbons (Fsp3) is 1.00. The minimum absolute atomic E-state index is 0.236. The quantitative estimate of drug-likeness (QED) is 0.463. The molecule has 0 aromatic rings. The molecule has 0 saturated heterocycles. The van der Waals surface area contributed by atoms with E-state index in [0.717, 1.165) is 25.4 Å². The number of nitrogens with two attached hydrogens (primary N) is 1. The van der Waals surface area contributed by atoms with Gasteiger partial charge in [-0.1, -0.05) is 19.3 Å². The van der Waals surface area contributed by atoms with Gasteiger partial charge in [0.1, 0.15) is 0 Å². The molecule has 0 heterocycles. The summed E-state index contributed by atoms with van der Waals surface area (Å²) in [6, 6.07) is 1.06. The van der Waals surface area contributed by atoms with Gasteiger partial charge < -0.3 is 15.3 Å². The third-order valence-corrected chi connectivity index (χ3v) is 5.55. The molecule has 0 saturated carbocycles. The van der Waals surface area contributed by atoms with Crippen LogP contribution in [-0.4, -0.2) is 33.3 Å². The lowest BCUT2D eigenvalue weighted by Crippen LogP contribution is -2.37. The normalized spacial score (nSPS) is 15.7. The molecule has 0 radical (unpaired) electrons. The van der Waals surface area contributed by atoms with Crippen molar-refractivity contribution in [2.24, 2.45) is 5.73 Å². The lowest BCUT2D eigenvalue weighted by atomic mass is 10.2. The molecule has 0 bridgehead atoms. The zero-order valence-electron chi connectivity index (χ0n) is 8.88. The van der Waals surface area contributed by atoms with Gasteiger partial charge in [0.25, 0.3) is 0 Å². The Morgan fingerprint density at radius 1 is 1.23 bits per heavy atom. The van der Waals surface area contributed by atoms with Crippen molar-refractivity contribution in [3.05, 3.63) is 0 Å². The maximum absolute atomic E-state index is 9.10. The second-order valence-corrected chi connectivity index (χ2v) is 7.89. The highest BCUT2D eigenvalue weighted by Gasteiger charge is 2.25. The number of hydrogen-bond donors (Lipinski definition) is 2. The molecule has 3 nitrogen and oxygen atoms in total. The molecule has 0 spiro atoms. The van der Waals surface area contributed by atoms with Crippen LogP contribution in [0.1, 0.15) is 25.7 Å². The average molecular weight is 205 g/mol. The van der Waals surface area contributed by atoms with Crippen molar-refractivity contribution in [3.63, 3.8) is 0 Å². The topological polar surface area (TPSA) is 55.5 Å². The van der Waals surface area contributed by atoms with E-state index in [1.54, 1.807) is 7.11 Å². The minimum Gasteiger partial charge on any atom is -0.418 e. The molecule has 0 aliphatic rings. The highest BCUT2D eigenvalue weighted by molar-refractivity contribution is 6.72. The van der Waals surface area contributed by atoms with E-state index < -0.39 is 8.32 Å². The van der Waals surface area contributed by atoms with Crippen molar-refractivity contribution < 1.29 is 9.53 Å². The molecule has 80 valence electrons. The minimum atomic E-state index is -1.73. The van der Waals surface area contributed by atoms with Gasteiger partial charge in [-0.05, 0) is 25.6 Å². The average Bonchev–Trinajstić information content (AvgIpc) is 2.17. The molecule has 0 rings (SSSR count). The van der Waals surface area contributed by atoms with Gasteiger partial charge in [-0.15, -0.1) is 0 Å². The Labute approximate surface area is 82.4 Å². The van der Waals surface area contributed by atoms with E-state index >= 15 is 0 Å².